The van der Waals surface area contributed by atoms with Crippen molar-refractivity contribution in [3.05, 3.63) is 30.1 Å². The molecule has 0 amide bonds. The van der Waals surface area contributed by atoms with E-state index in [1.165, 1.54) is 0 Å². The second-order valence-electron chi connectivity index (χ2n) is 5.33. The first kappa shape index (κ1) is 13.5. The lowest BCUT2D eigenvalue weighted by Gasteiger charge is -2.43. The lowest BCUT2D eigenvalue weighted by Crippen LogP contribution is -2.56. The highest BCUT2D eigenvalue weighted by Gasteiger charge is 2.35. The SMILES string of the molecule is CC(C)(C(O)Cc1ccncc1)N1CCOCC1. The van der Waals surface area contributed by atoms with Gasteiger partial charge in [-0.15, -0.1) is 0 Å². The standard InChI is InChI=1S/C14H22N2O2/c1-14(2,16-7-9-18-10-8-16)13(17)11-12-3-5-15-6-4-12/h3-6,13,17H,7-11H2,1-2H3. The van der Waals surface area contributed by atoms with Crippen LogP contribution in [-0.2, 0) is 11.2 Å². The molecule has 1 N–H and O–H groups in total. The average molecular weight is 250 g/mol. The van der Waals surface area contributed by atoms with E-state index >= 15 is 0 Å². The quantitative estimate of drug-likeness (QED) is 0.869. The van der Waals surface area contributed by atoms with Crippen LogP contribution in [0.15, 0.2) is 24.5 Å². The zero-order valence-electron chi connectivity index (χ0n) is 11.2. The van der Waals surface area contributed by atoms with Crippen molar-refractivity contribution in [2.24, 2.45) is 0 Å². The van der Waals surface area contributed by atoms with Gasteiger partial charge in [0.15, 0.2) is 0 Å². The Morgan fingerprint density at radius 2 is 1.94 bits per heavy atom. The predicted molar refractivity (Wildman–Crippen MR) is 70.4 cm³/mol. The number of hydrogen-bond donors (Lipinski definition) is 1. The maximum absolute atomic E-state index is 10.5. The van der Waals surface area contributed by atoms with E-state index in [9.17, 15) is 5.11 Å². The van der Waals surface area contributed by atoms with Crippen molar-refractivity contribution < 1.29 is 9.84 Å². The number of hydrogen-bond acceptors (Lipinski definition) is 4. The Balaban J connectivity index is 2.00. The molecule has 4 heteroatoms. The number of ether oxygens (including phenoxy) is 1. The van der Waals surface area contributed by atoms with Gasteiger partial charge in [-0.25, -0.2) is 0 Å². The first-order valence-corrected chi connectivity index (χ1v) is 6.50. The van der Waals surface area contributed by atoms with Gasteiger partial charge in [0.05, 0.1) is 19.3 Å². The minimum Gasteiger partial charge on any atom is -0.391 e. The second kappa shape index (κ2) is 5.78. The summed E-state index contributed by atoms with van der Waals surface area (Å²) < 4.78 is 5.36. The van der Waals surface area contributed by atoms with Crippen molar-refractivity contribution in [3.63, 3.8) is 0 Å². The molecule has 100 valence electrons. The largest absolute Gasteiger partial charge is 0.391 e. The van der Waals surface area contributed by atoms with Gasteiger partial charge in [-0.05, 0) is 31.5 Å². The number of aliphatic hydroxyl groups excluding tert-OH is 1. The number of aromatic nitrogens is 1. The molecule has 0 radical (unpaired) electrons. The molecule has 1 fully saturated rings. The Labute approximate surface area is 109 Å². The van der Waals surface area contributed by atoms with E-state index in [4.69, 9.17) is 4.74 Å². The first-order chi connectivity index (χ1) is 8.60. The number of aliphatic hydroxyl groups is 1. The average Bonchev–Trinajstić information content (AvgIpc) is 2.41. The molecule has 0 spiro atoms. The summed E-state index contributed by atoms with van der Waals surface area (Å²) >= 11 is 0. The summed E-state index contributed by atoms with van der Waals surface area (Å²) in [6.07, 6.45) is 3.80. The maximum Gasteiger partial charge on any atom is 0.0758 e. The molecule has 2 rings (SSSR count). The van der Waals surface area contributed by atoms with Crippen molar-refractivity contribution >= 4 is 0 Å². The molecule has 1 saturated heterocycles. The van der Waals surface area contributed by atoms with Crippen molar-refractivity contribution in [2.45, 2.75) is 31.9 Å². The Morgan fingerprint density at radius 3 is 2.56 bits per heavy atom. The second-order valence-corrected chi connectivity index (χ2v) is 5.33. The van der Waals surface area contributed by atoms with Gasteiger partial charge in [0.1, 0.15) is 0 Å². The van der Waals surface area contributed by atoms with Crippen LogP contribution in [0, 0.1) is 0 Å². The summed E-state index contributed by atoms with van der Waals surface area (Å²) in [7, 11) is 0. The lowest BCUT2D eigenvalue weighted by molar-refractivity contribution is -0.0612. The third-order valence-corrected chi connectivity index (χ3v) is 3.82. The summed E-state index contributed by atoms with van der Waals surface area (Å²) in [4.78, 5) is 6.30. The molecule has 1 aromatic rings. The van der Waals surface area contributed by atoms with Crippen molar-refractivity contribution in [1.29, 1.82) is 0 Å². The zero-order valence-corrected chi connectivity index (χ0v) is 11.2. The van der Waals surface area contributed by atoms with Crippen LogP contribution < -0.4 is 0 Å². The molecule has 1 aliphatic heterocycles. The van der Waals surface area contributed by atoms with E-state index in [1.54, 1.807) is 12.4 Å². The fourth-order valence-corrected chi connectivity index (χ4v) is 2.34. The van der Waals surface area contributed by atoms with Crippen LogP contribution in [0.25, 0.3) is 0 Å². The van der Waals surface area contributed by atoms with Crippen LogP contribution in [-0.4, -0.2) is 52.9 Å². The summed E-state index contributed by atoms with van der Waals surface area (Å²) in [5.74, 6) is 0. The third kappa shape index (κ3) is 3.07. The molecule has 1 atom stereocenters. The van der Waals surface area contributed by atoms with Crippen LogP contribution in [0.4, 0.5) is 0 Å². The monoisotopic (exact) mass is 250 g/mol. The fourth-order valence-electron chi connectivity index (χ4n) is 2.34. The van der Waals surface area contributed by atoms with E-state index in [0.29, 0.717) is 6.42 Å². The van der Waals surface area contributed by atoms with Crippen molar-refractivity contribution in [3.8, 4) is 0 Å². The third-order valence-electron chi connectivity index (χ3n) is 3.82. The van der Waals surface area contributed by atoms with Crippen LogP contribution in [0.2, 0.25) is 0 Å². The molecule has 0 aliphatic carbocycles. The van der Waals surface area contributed by atoms with Crippen LogP contribution in [0.1, 0.15) is 19.4 Å². The minimum absolute atomic E-state index is 0.229. The predicted octanol–water partition coefficient (Wildman–Crippen LogP) is 1.10. The van der Waals surface area contributed by atoms with Crippen molar-refractivity contribution in [2.75, 3.05) is 26.3 Å². The molecule has 1 unspecified atom stereocenters. The molecule has 4 nitrogen and oxygen atoms in total. The zero-order chi connectivity index (χ0) is 13.0. The molecule has 1 aliphatic rings. The van der Waals surface area contributed by atoms with Gasteiger partial charge in [-0.2, -0.15) is 0 Å². The van der Waals surface area contributed by atoms with E-state index in [0.717, 1.165) is 31.9 Å². The van der Waals surface area contributed by atoms with E-state index in [-0.39, 0.29) is 5.54 Å². The minimum atomic E-state index is -0.391. The molecule has 18 heavy (non-hydrogen) atoms. The van der Waals surface area contributed by atoms with Crippen LogP contribution in [0.5, 0.6) is 0 Å². The normalized spacial score (nSPS) is 19.7. The Kier molecular flexibility index (Phi) is 4.32. The lowest BCUT2D eigenvalue weighted by atomic mass is 9.90. The summed E-state index contributed by atoms with van der Waals surface area (Å²) in [5, 5.41) is 10.5. The Morgan fingerprint density at radius 1 is 1.33 bits per heavy atom. The Bertz CT molecular complexity index is 361. The number of pyridine rings is 1. The van der Waals surface area contributed by atoms with Gasteiger partial charge >= 0.3 is 0 Å². The summed E-state index contributed by atoms with van der Waals surface area (Å²) in [6, 6.07) is 3.91. The summed E-state index contributed by atoms with van der Waals surface area (Å²) in [5.41, 5.74) is 0.895. The van der Waals surface area contributed by atoms with Gasteiger partial charge in [-0.3, -0.25) is 9.88 Å². The molecular weight excluding hydrogens is 228 g/mol. The number of rotatable bonds is 4. The number of nitrogens with zero attached hydrogens (tertiary/aromatic N) is 2. The van der Waals surface area contributed by atoms with Crippen LogP contribution in [0.3, 0.4) is 0 Å². The molecule has 0 bridgehead atoms. The first-order valence-electron chi connectivity index (χ1n) is 6.50. The van der Waals surface area contributed by atoms with E-state index in [1.807, 2.05) is 12.1 Å². The van der Waals surface area contributed by atoms with Gasteiger partial charge < -0.3 is 9.84 Å². The summed E-state index contributed by atoms with van der Waals surface area (Å²) in [6.45, 7) is 7.49. The van der Waals surface area contributed by atoms with Crippen molar-refractivity contribution in [1.82, 2.24) is 9.88 Å². The fraction of sp³-hybridized carbons (Fsp3) is 0.643. The molecule has 1 aromatic heterocycles. The highest BCUT2D eigenvalue weighted by Crippen LogP contribution is 2.23. The van der Waals surface area contributed by atoms with Crippen LogP contribution >= 0.6 is 0 Å². The van der Waals surface area contributed by atoms with E-state index < -0.39 is 6.10 Å². The van der Waals surface area contributed by atoms with Gasteiger partial charge in [-0.1, -0.05) is 0 Å². The molecule has 0 aromatic carbocycles. The maximum atomic E-state index is 10.5. The molecule has 0 saturated carbocycles. The molecular formula is C14H22N2O2. The smallest absolute Gasteiger partial charge is 0.0758 e. The van der Waals surface area contributed by atoms with Gasteiger partial charge in [0.25, 0.3) is 0 Å². The topological polar surface area (TPSA) is 45.6 Å². The van der Waals surface area contributed by atoms with Gasteiger partial charge in [0.2, 0.25) is 0 Å². The highest BCUT2D eigenvalue weighted by atomic mass is 16.5. The van der Waals surface area contributed by atoms with Gasteiger partial charge in [0, 0.05) is 37.4 Å². The van der Waals surface area contributed by atoms with E-state index in [2.05, 4.69) is 23.7 Å². The highest BCUT2D eigenvalue weighted by molar-refractivity contribution is 5.12. The number of morpholine rings is 1. The molecule has 2 heterocycles. The Hall–Kier alpha value is -0.970.